The fourth-order valence-corrected chi connectivity index (χ4v) is 3.24. The smallest absolute Gasteiger partial charge is 0.234 e. The summed E-state index contributed by atoms with van der Waals surface area (Å²) < 4.78 is 6.98. The molecular weight excluding hydrogens is 246 g/mol. The van der Waals surface area contributed by atoms with Crippen LogP contribution in [0.2, 0.25) is 0 Å². The average Bonchev–Trinajstić information content (AvgIpc) is 2.80. The summed E-state index contributed by atoms with van der Waals surface area (Å²) >= 11 is 1.66. The van der Waals surface area contributed by atoms with Crippen LogP contribution >= 0.6 is 11.3 Å². The Balaban J connectivity index is 1.74. The average molecular weight is 263 g/mol. The van der Waals surface area contributed by atoms with E-state index in [0.29, 0.717) is 5.92 Å². The molecule has 1 N–H and O–H groups in total. The van der Waals surface area contributed by atoms with E-state index in [9.17, 15) is 0 Å². The fraction of sp³-hybridized carbons (Fsp3) is 0.538. The molecule has 3 heterocycles. The zero-order valence-electron chi connectivity index (χ0n) is 10.5. The van der Waals surface area contributed by atoms with Crippen LogP contribution in [0, 0.1) is 12.8 Å². The van der Waals surface area contributed by atoms with Crippen molar-refractivity contribution in [1.29, 1.82) is 0 Å². The van der Waals surface area contributed by atoms with E-state index < -0.39 is 0 Å². The van der Waals surface area contributed by atoms with Crippen LogP contribution in [0.1, 0.15) is 18.4 Å². The lowest BCUT2D eigenvalue weighted by Crippen LogP contribution is -2.30. The zero-order chi connectivity index (χ0) is 12.4. The van der Waals surface area contributed by atoms with Crippen LogP contribution in [0.3, 0.4) is 0 Å². The molecule has 0 unspecified atom stereocenters. The van der Waals surface area contributed by atoms with Crippen molar-refractivity contribution >= 4 is 21.6 Å². The maximum Gasteiger partial charge on any atom is 0.234 e. The molecule has 2 aromatic rings. The van der Waals surface area contributed by atoms with E-state index in [1.54, 1.807) is 17.7 Å². The van der Waals surface area contributed by atoms with E-state index in [2.05, 4.69) is 27.6 Å². The van der Waals surface area contributed by atoms with E-state index in [1.807, 2.05) is 0 Å². The van der Waals surface area contributed by atoms with Gasteiger partial charge >= 0.3 is 0 Å². The van der Waals surface area contributed by atoms with Gasteiger partial charge in [0.1, 0.15) is 11.0 Å². The number of rotatable bonds is 3. The van der Waals surface area contributed by atoms with E-state index in [0.717, 1.165) is 35.8 Å². The molecular formula is C13H17N3OS. The van der Waals surface area contributed by atoms with Gasteiger partial charge in [-0.3, -0.25) is 0 Å². The van der Waals surface area contributed by atoms with Crippen molar-refractivity contribution < 1.29 is 4.74 Å². The Hall–Kier alpha value is -1.20. The predicted molar refractivity (Wildman–Crippen MR) is 73.2 cm³/mol. The van der Waals surface area contributed by atoms with Crippen molar-refractivity contribution in [1.82, 2.24) is 15.3 Å². The topological polar surface area (TPSA) is 47.0 Å². The molecule has 0 spiro atoms. The minimum absolute atomic E-state index is 0.650. The number of thiophene rings is 1. The maximum absolute atomic E-state index is 5.90. The monoisotopic (exact) mass is 263 g/mol. The largest absolute Gasteiger partial charge is 0.476 e. The van der Waals surface area contributed by atoms with Gasteiger partial charge < -0.3 is 10.1 Å². The van der Waals surface area contributed by atoms with Crippen molar-refractivity contribution in [3.8, 4) is 5.88 Å². The Labute approximate surface area is 110 Å². The molecule has 0 saturated carbocycles. The van der Waals surface area contributed by atoms with Gasteiger partial charge in [0.25, 0.3) is 0 Å². The van der Waals surface area contributed by atoms with Crippen LogP contribution in [-0.2, 0) is 0 Å². The third-order valence-corrected chi connectivity index (χ3v) is 4.49. The fourth-order valence-electron chi connectivity index (χ4n) is 2.30. The first-order valence-electron chi connectivity index (χ1n) is 6.37. The van der Waals surface area contributed by atoms with Crippen LogP contribution in [0.4, 0.5) is 0 Å². The number of nitrogens with zero attached hydrogens (tertiary/aromatic N) is 2. The lowest BCUT2D eigenvalue weighted by Gasteiger charge is -2.22. The molecule has 0 amide bonds. The third kappa shape index (κ3) is 2.33. The second-order valence-electron chi connectivity index (χ2n) is 4.78. The number of aromatic nitrogens is 2. The summed E-state index contributed by atoms with van der Waals surface area (Å²) in [4.78, 5) is 8.57. The number of hydrogen-bond acceptors (Lipinski definition) is 5. The van der Waals surface area contributed by atoms with Gasteiger partial charge in [-0.1, -0.05) is 0 Å². The highest BCUT2D eigenvalue weighted by atomic mass is 32.1. The molecule has 1 fully saturated rings. The number of hydrogen-bond donors (Lipinski definition) is 1. The quantitative estimate of drug-likeness (QED) is 0.923. The molecule has 1 aliphatic heterocycles. The minimum atomic E-state index is 0.650. The first-order chi connectivity index (χ1) is 8.84. The van der Waals surface area contributed by atoms with Gasteiger partial charge in [0.15, 0.2) is 0 Å². The highest BCUT2D eigenvalue weighted by Crippen LogP contribution is 2.30. The molecule has 1 saturated heterocycles. The summed E-state index contributed by atoms with van der Waals surface area (Å²) in [6, 6.07) is 0. The molecule has 0 bridgehead atoms. The molecule has 1 aliphatic rings. The van der Waals surface area contributed by atoms with Crippen LogP contribution in [0.15, 0.2) is 11.7 Å². The van der Waals surface area contributed by atoms with E-state index in [-0.39, 0.29) is 0 Å². The number of fused-ring (bicyclic) bond motifs is 1. The van der Waals surface area contributed by atoms with Crippen molar-refractivity contribution in [2.75, 3.05) is 19.7 Å². The molecule has 5 heteroatoms. The second-order valence-corrected chi connectivity index (χ2v) is 5.66. The zero-order valence-corrected chi connectivity index (χ0v) is 11.3. The van der Waals surface area contributed by atoms with Crippen LogP contribution in [0.25, 0.3) is 10.2 Å². The lowest BCUT2D eigenvalue weighted by molar-refractivity contribution is 0.211. The molecule has 0 aromatic carbocycles. The molecule has 4 nitrogen and oxygen atoms in total. The summed E-state index contributed by atoms with van der Waals surface area (Å²) in [7, 11) is 0. The van der Waals surface area contributed by atoms with Gasteiger partial charge in [-0.25, -0.2) is 9.97 Å². The molecule has 18 heavy (non-hydrogen) atoms. The summed E-state index contributed by atoms with van der Waals surface area (Å²) in [6.07, 6.45) is 3.98. The van der Waals surface area contributed by atoms with E-state index in [1.165, 1.54) is 18.4 Å². The number of aryl methyl sites for hydroxylation is 1. The molecule has 0 atom stereocenters. The first kappa shape index (κ1) is 11.9. The van der Waals surface area contributed by atoms with Gasteiger partial charge in [0.05, 0.1) is 12.1 Å². The summed E-state index contributed by atoms with van der Waals surface area (Å²) in [5.74, 6) is 1.40. The van der Waals surface area contributed by atoms with Crippen molar-refractivity contribution in [2.45, 2.75) is 19.8 Å². The van der Waals surface area contributed by atoms with Crippen molar-refractivity contribution in [3.63, 3.8) is 0 Å². The number of piperidine rings is 1. The Morgan fingerprint density at radius 3 is 3.06 bits per heavy atom. The van der Waals surface area contributed by atoms with E-state index in [4.69, 9.17) is 4.74 Å². The van der Waals surface area contributed by atoms with E-state index >= 15 is 0 Å². The molecule has 2 aromatic heterocycles. The lowest BCUT2D eigenvalue weighted by atomic mass is 9.99. The normalized spacial score (nSPS) is 17.2. The second kappa shape index (κ2) is 5.20. The Kier molecular flexibility index (Phi) is 3.43. The summed E-state index contributed by atoms with van der Waals surface area (Å²) in [5.41, 5.74) is 2.22. The third-order valence-electron chi connectivity index (χ3n) is 3.41. The van der Waals surface area contributed by atoms with Crippen LogP contribution < -0.4 is 10.1 Å². The molecule has 0 aliphatic carbocycles. The number of nitrogens with one attached hydrogen (secondary N) is 1. The molecule has 3 rings (SSSR count). The number of ether oxygens (including phenoxy) is 1. The Bertz CT molecular complexity index is 534. The SMILES string of the molecule is Cc1csc2c(OCC3CCNCC3)ncnc12. The van der Waals surface area contributed by atoms with Crippen molar-refractivity contribution in [3.05, 3.63) is 17.3 Å². The van der Waals surface area contributed by atoms with Gasteiger partial charge in [-0.05, 0) is 49.7 Å². The maximum atomic E-state index is 5.90. The van der Waals surface area contributed by atoms with Gasteiger partial charge in [-0.15, -0.1) is 11.3 Å². The standard InChI is InChI=1S/C13H17N3OS/c1-9-7-18-12-11(9)15-8-16-13(12)17-6-10-2-4-14-5-3-10/h7-8,10,14H,2-6H2,1H3. The van der Waals surface area contributed by atoms with Crippen LogP contribution in [-0.4, -0.2) is 29.7 Å². The van der Waals surface area contributed by atoms with Crippen molar-refractivity contribution in [2.24, 2.45) is 5.92 Å². The van der Waals surface area contributed by atoms with Gasteiger partial charge in [0.2, 0.25) is 5.88 Å². The van der Waals surface area contributed by atoms with Gasteiger partial charge in [-0.2, -0.15) is 0 Å². The molecule has 96 valence electrons. The van der Waals surface area contributed by atoms with Gasteiger partial charge in [0, 0.05) is 0 Å². The first-order valence-corrected chi connectivity index (χ1v) is 7.25. The molecule has 0 radical (unpaired) electrons. The Morgan fingerprint density at radius 1 is 1.39 bits per heavy atom. The predicted octanol–water partition coefficient (Wildman–Crippen LogP) is 2.38. The minimum Gasteiger partial charge on any atom is -0.476 e. The summed E-state index contributed by atoms with van der Waals surface area (Å²) in [5, 5.41) is 5.47. The Morgan fingerprint density at radius 2 is 2.22 bits per heavy atom. The summed E-state index contributed by atoms with van der Waals surface area (Å²) in [6.45, 7) is 5.05. The highest BCUT2D eigenvalue weighted by molar-refractivity contribution is 7.17. The van der Waals surface area contributed by atoms with Crippen LogP contribution in [0.5, 0.6) is 5.88 Å². The highest BCUT2D eigenvalue weighted by Gasteiger charge is 2.15.